The largest absolute Gasteiger partial charge is 0.379 e. The van der Waals surface area contributed by atoms with Gasteiger partial charge in [-0.1, -0.05) is 24.3 Å². The number of nitrogens with zero attached hydrogens (tertiary/aromatic N) is 2. The van der Waals surface area contributed by atoms with Gasteiger partial charge in [-0.15, -0.1) is 35.3 Å². The Morgan fingerprint density at radius 2 is 2.00 bits per heavy atom. The summed E-state index contributed by atoms with van der Waals surface area (Å²) in [6.45, 7) is 7.53. The Morgan fingerprint density at radius 3 is 2.69 bits per heavy atom. The van der Waals surface area contributed by atoms with Crippen molar-refractivity contribution in [2.75, 3.05) is 45.9 Å². The maximum atomic E-state index is 13.8. The summed E-state index contributed by atoms with van der Waals surface area (Å²) in [6, 6.07) is 11.4. The van der Waals surface area contributed by atoms with Crippen LogP contribution in [0.3, 0.4) is 0 Å². The van der Waals surface area contributed by atoms with Gasteiger partial charge in [0.1, 0.15) is 5.82 Å². The lowest BCUT2D eigenvalue weighted by molar-refractivity contribution is 0.0186. The van der Waals surface area contributed by atoms with E-state index in [0.29, 0.717) is 19.5 Å². The van der Waals surface area contributed by atoms with E-state index in [1.54, 1.807) is 17.4 Å². The Bertz CT molecular complexity index is 738. The number of halogens is 2. The molecule has 1 fully saturated rings. The highest BCUT2D eigenvalue weighted by Gasteiger charge is 2.23. The van der Waals surface area contributed by atoms with E-state index in [2.05, 4.69) is 33.0 Å². The third kappa shape index (κ3) is 7.51. The molecule has 1 aliphatic rings. The first-order valence-corrected chi connectivity index (χ1v) is 10.8. The standard InChI is InChI=1S/C21H29FN4OS.HI/c1-2-23-21(24-10-9-17-6-3-4-7-18(17)22)25-16-19(20-8-5-15-28-20)26-11-13-27-14-12-26;/h3-8,15,19H,2,9-14,16H2,1H3,(H2,23,24,25);1H. The first-order chi connectivity index (χ1) is 13.8. The Morgan fingerprint density at radius 1 is 1.21 bits per heavy atom. The third-order valence-corrected chi connectivity index (χ3v) is 5.74. The van der Waals surface area contributed by atoms with E-state index in [0.717, 1.165) is 44.4 Å². The van der Waals surface area contributed by atoms with Crippen LogP contribution in [0.4, 0.5) is 4.39 Å². The van der Waals surface area contributed by atoms with Crippen LogP contribution >= 0.6 is 35.3 Å². The van der Waals surface area contributed by atoms with Crippen LogP contribution in [-0.4, -0.2) is 56.8 Å². The van der Waals surface area contributed by atoms with Gasteiger partial charge < -0.3 is 15.4 Å². The Kier molecular flexibility index (Phi) is 10.9. The third-order valence-electron chi connectivity index (χ3n) is 4.77. The number of hydrogen-bond acceptors (Lipinski definition) is 4. The zero-order valence-corrected chi connectivity index (χ0v) is 19.9. The van der Waals surface area contributed by atoms with Gasteiger partial charge in [0.15, 0.2) is 5.96 Å². The van der Waals surface area contributed by atoms with E-state index >= 15 is 0 Å². The molecule has 2 heterocycles. The van der Waals surface area contributed by atoms with Crippen LogP contribution in [0.2, 0.25) is 0 Å². The monoisotopic (exact) mass is 532 g/mol. The van der Waals surface area contributed by atoms with E-state index in [4.69, 9.17) is 9.73 Å². The van der Waals surface area contributed by atoms with Crippen molar-refractivity contribution in [1.29, 1.82) is 0 Å². The summed E-state index contributed by atoms with van der Waals surface area (Å²) in [6.07, 6.45) is 0.620. The maximum absolute atomic E-state index is 13.8. The molecule has 2 N–H and O–H groups in total. The van der Waals surface area contributed by atoms with E-state index in [1.165, 1.54) is 10.9 Å². The van der Waals surface area contributed by atoms with Gasteiger partial charge in [-0.2, -0.15) is 0 Å². The molecule has 0 radical (unpaired) electrons. The molecule has 2 aromatic rings. The number of ether oxygens (including phenoxy) is 1. The fourth-order valence-electron chi connectivity index (χ4n) is 3.29. The molecule has 1 aromatic heterocycles. The molecule has 1 unspecified atom stereocenters. The van der Waals surface area contributed by atoms with Crippen LogP contribution in [0.15, 0.2) is 46.8 Å². The summed E-state index contributed by atoms with van der Waals surface area (Å²) in [5.74, 6) is 0.616. The number of morpholine rings is 1. The van der Waals surface area contributed by atoms with Crippen LogP contribution in [0.5, 0.6) is 0 Å². The average Bonchev–Trinajstić information content (AvgIpc) is 3.25. The first-order valence-electron chi connectivity index (χ1n) is 9.88. The second-order valence-electron chi connectivity index (χ2n) is 6.67. The van der Waals surface area contributed by atoms with Crippen LogP contribution in [-0.2, 0) is 11.2 Å². The smallest absolute Gasteiger partial charge is 0.191 e. The molecule has 1 aliphatic heterocycles. The van der Waals surface area contributed by atoms with Gasteiger partial charge in [0.05, 0.1) is 25.8 Å². The normalized spacial score (nSPS) is 16.1. The maximum Gasteiger partial charge on any atom is 0.191 e. The fourth-order valence-corrected chi connectivity index (χ4v) is 4.14. The molecule has 0 spiro atoms. The highest BCUT2D eigenvalue weighted by Crippen LogP contribution is 2.26. The molecule has 5 nitrogen and oxygen atoms in total. The molecule has 0 aliphatic carbocycles. The van der Waals surface area contributed by atoms with E-state index < -0.39 is 0 Å². The summed E-state index contributed by atoms with van der Waals surface area (Å²) in [4.78, 5) is 8.60. The van der Waals surface area contributed by atoms with Gasteiger partial charge in [-0.25, -0.2) is 4.39 Å². The molecular formula is C21H30FIN4OS. The minimum Gasteiger partial charge on any atom is -0.379 e. The van der Waals surface area contributed by atoms with E-state index in [1.807, 2.05) is 19.1 Å². The van der Waals surface area contributed by atoms with Crippen molar-refractivity contribution in [3.8, 4) is 0 Å². The van der Waals surface area contributed by atoms with Crippen molar-refractivity contribution in [2.45, 2.75) is 19.4 Å². The lowest BCUT2D eigenvalue weighted by Gasteiger charge is -2.33. The van der Waals surface area contributed by atoms with Crippen LogP contribution in [0.1, 0.15) is 23.4 Å². The van der Waals surface area contributed by atoms with E-state index in [-0.39, 0.29) is 35.8 Å². The average molecular weight is 532 g/mol. The predicted molar refractivity (Wildman–Crippen MR) is 129 cm³/mol. The summed E-state index contributed by atoms with van der Waals surface area (Å²) in [5.41, 5.74) is 0.718. The predicted octanol–water partition coefficient (Wildman–Crippen LogP) is 3.68. The number of rotatable bonds is 8. The van der Waals surface area contributed by atoms with Crippen molar-refractivity contribution in [2.24, 2.45) is 4.99 Å². The van der Waals surface area contributed by atoms with Crippen molar-refractivity contribution in [3.05, 3.63) is 58.0 Å². The Balaban J connectivity index is 0.00000300. The summed E-state index contributed by atoms with van der Waals surface area (Å²) < 4.78 is 19.3. The number of hydrogen-bond donors (Lipinski definition) is 2. The van der Waals surface area contributed by atoms with Crippen LogP contribution < -0.4 is 10.6 Å². The second kappa shape index (κ2) is 13.1. The zero-order valence-electron chi connectivity index (χ0n) is 16.8. The van der Waals surface area contributed by atoms with Crippen molar-refractivity contribution in [1.82, 2.24) is 15.5 Å². The summed E-state index contributed by atoms with van der Waals surface area (Å²) in [7, 11) is 0. The zero-order chi connectivity index (χ0) is 19.6. The molecule has 0 amide bonds. The first kappa shape index (κ1) is 24.0. The second-order valence-corrected chi connectivity index (χ2v) is 7.65. The molecule has 0 bridgehead atoms. The number of aliphatic imine (C=N–C) groups is 1. The van der Waals surface area contributed by atoms with Crippen molar-refractivity contribution in [3.63, 3.8) is 0 Å². The molecule has 1 atom stereocenters. The van der Waals surface area contributed by atoms with E-state index in [9.17, 15) is 4.39 Å². The van der Waals surface area contributed by atoms with Crippen molar-refractivity contribution >= 4 is 41.3 Å². The van der Waals surface area contributed by atoms with Gasteiger partial charge in [0, 0.05) is 31.1 Å². The summed E-state index contributed by atoms with van der Waals surface area (Å²) in [5, 5.41) is 8.74. The molecule has 8 heteroatoms. The highest BCUT2D eigenvalue weighted by atomic mass is 127. The van der Waals surface area contributed by atoms with Gasteiger partial charge in [-0.3, -0.25) is 9.89 Å². The Labute approximate surface area is 193 Å². The number of nitrogens with one attached hydrogen (secondary N) is 2. The topological polar surface area (TPSA) is 48.9 Å². The lowest BCUT2D eigenvalue weighted by Crippen LogP contribution is -2.42. The van der Waals surface area contributed by atoms with Crippen molar-refractivity contribution < 1.29 is 9.13 Å². The van der Waals surface area contributed by atoms with Gasteiger partial charge >= 0.3 is 0 Å². The van der Waals surface area contributed by atoms with Gasteiger partial charge in [0.2, 0.25) is 0 Å². The highest BCUT2D eigenvalue weighted by molar-refractivity contribution is 14.0. The molecule has 29 heavy (non-hydrogen) atoms. The van der Waals surface area contributed by atoms with Crippen LogP contribution in [0.25, 0.3) is 0 Å². The Hall–Kier alpha value is -1.23. The van der Waals surface area contributed by atoms with Crippen LogP contribution in [0, 0.1) is 5.82 Å². The number of guanidine groups is 1. The molecule has 1 saturated heterocycles. The number of benzene rings is 1. The number of thiophene rings is 1. The molecule has 3 rings (SSSR count). The van der Waals surface area contributed by atoms with Gasteiger partial charge in [0.25, 0.3) is 0 Å². The molecule has 1 aromatic carbocycles. The lowest BCUT2D eigenvalue weighted by atomic mass is 10.1. The summed E-state index contributed by atoms with van der Waals surface area (Å²) >= 11 is 1.77. The molecule has 160 valence electrons. The minimum absolute atomic E-state index is 0. The fraction of sp³-hybridized carbons (Fsp3) is 0.476. The molecule has 0 saturated carbocycles. The quantitative estimate of drug-likeness (QED) is 0.310. The van der Waals surface area contributed by atoms with Gasteiger partial charge in [-0.05, 0) is 36.4 Å². The minimum atomic E-state index is -0.156. The SMILES string of the molecule is CCNC(=NCC(c1cccs1)N1CCOCC1)NCCc1ccccc1F.I. The molecular weight excluding hydrogens is 502 g/mol.